The van der Waals surface area contributed by atoms with Crippen LogP contribution in [0.1, 0.15) is 10.4 Å². The summed E-state index contributed by atoms with van der Waals surface area (Å²) in [6.07, 6.45) is 2.72. The molecule has 19 heavy (non-hydrogen) atoms. The second-order valence-electron chi connectivity index (χ2n) is 3.45. The highest BCUT2D eigenvalue weighted by Gasteiger charge is 2.11. The molecule has 0 aliphatic heterocycles. The smallest absolute Gasteiger partial charge is 0.335 e. The minimum absolute atomic E-state index is 0.0748. The van der Waals surface area contributed by atoms with E-state index in [4.69, 9.17) is 26.2 Å². The van der Waals surface area contributed by atoms with Crippen molar-refractivity contribution in [3.63, 3.8) is 0 Å². The third kappa shape index (κ3) is 3.11. The molecule has 7 heteroatoms. The molecule has 1 aromatic heterocycles. The number of nitrogens with zero attached hydrogens (tertiary/aromatic N) is 2. The number of benzene rings is 1. The van der Waals surface area contributed by atoms with Crippen LogP contribution < -0.4 is 9.47 Å². The summed E-state index contributed by atoms with van der Waals surface area (Å²) in [6, 6.07) is 4.25. The van der Waals surface area contributed by atoms with E-state index in [0.29, 0.717) is 5.75 Å². The Morgan fingerprint density at radius 2 is 2.11 bits per heavy atom. The van der Waals surface area contributed by atoms with Crippen molar-refractivity contribution in [3.8, 4) is 17.4 Å². The molecule has 0 saturated heterocycles. The van der Waals surface area contributed by atoms with Crippen LogP contribution in [0, 0.1) is 0 Å². The van der Waals surface area contributed by atoms with Gasteiger partial charge in [0.2, 0.25) is 5.88 Å². The highest BCUT2D eigenvalue weighted by Crippen LogP contribution is 2.31. The Hall–Kier alpha value is -2.34. The van der Waals surface area contributed by atoms with E-state index in [1.807, 2.05) is 0 Å². The fourth-order valence-electron chi connectivity index (χ4n) is 1.38. The lowest BCUT2D eigenvalue weighted by molar-refractivity contribution is 0.0696. The first kappa shape index (κ1) is 13.1. The summed E-state index contributed by atoms with van der Waals surface area (Å²) in [5.74, 6) is -0.316. The first-order chi connectivity index (χ1) is 9.10. The zero-order valence-electron chi connectivity index (χ0n) is 9.83. The van der Waals surface area contributed by atoms with E-state index in [0.717, 1.165) is 0 Å². The van der Waals surface area contributed by atoms with Crippen LogP contribution in [0.4, 0.5) is 0 Å². The van der Waals surface area contributed by atoms with Gasteiger partial charge in [-0.2, -0.15) is 4.98 Å². The van der Waals surface area contributed by atoms with Crippen LogP contribution in [0.5, 0.6) is 17.4 Å². The second-order valence-corrected chi connectivity index (χ2v) is 3.84. The summed E-state index contributed by atoms with van der Waals surface area (Å²) in [4.78, 5) is 18.6. The Morgan fingerprint density at radius 1 is 1.32 bits per heavy atom. The molecule has 0 aliphatic rings. The topological polar surface area (TPSA) is 81.5 Å². The maximum Gasteiger partial charge on any atom is 0.335 e. The monoisotopic (exact) mass is 280 g/mol. The Labute approximate surface area is 113 Å². The molecule has 6 nitrogen and oxygen atoms in total. The van der Waals surface area contributed by atoms with Gasteiger partial charge in [-0.1, -0.05) is 11.6 Å². The normalized spacial score (nSPS) is 10.0. The van der Waals surface area contributed by atoms with E-state index in [2.05, 4.69) is 9.97 Å². The quantitative estimate of drug-likeness (QED) is 0.927. The van der Waals surface area contributed by atoms with Gasteiger partial charge >= 0.3 is 5.97 Å². The van der Waals surface area contributed by atoms with Gasteiger partial charge in [0, 0.05) is 0 Å². The molecular formula is C12H9ClN2O4. The van der Waals surface area contributed by atoms with Crippen molar-refractivity contribution >= 4 is 17.6 Å². The van der Waals surface area contributed by atoms with Crippen LogP contribution in [0.3, 0.4) is 0 Å². The molecule has 2 rings (SSSR count). The van der Waals surface area contributed by atoms with Crippen LogP contribution in [0.25, 0.3) is 0 Å². The first-order valence-electron chi connectivity index (χ1n) is 5.17. The van der Waals surface area contributed by atoms with Crippen LogP contribution >= 0.6 is 11.6 Å². The van der Waals surface area contributed by atoms with Gasteiger partial charge in [-0.05, 0) is 18.2 Å². The van der Waals surface area contributed by atoms with Crippen molar-refractivity contribution < 1.29 is 19.4 Å². The summed E-state index contributed by atoms with van der Waals surface area (Å²) < 4.78 is 10.5. The molecule has 98 valence electrons. The Bertz CT molecular complexity index is 618. The number of ether oxygens (including phenoxy) is 2. The SMILES string of the molecule is COc1ccc(C(=O)O)cc1Oc1cncc(Cl)n1. The molecule has 0 unspecified atom stereocenters. The van der Waals surface area contributed by atoms with E-state index in [9.17, 15) is 4.79 Å². The summed E-state index contributed by atoms with van der Waals surface area (Å²) in [6.45, 7) is 0. The predicted molar refractivity (Wildman–Crippen MR) is 67.1 cm³/mol. The molecule has 0 spiro atoms. The van der Waals surface area contributed by atoms with Crippen molar-refractivity contribution in [2.45, 2.75) is 0 Å². The predicted octanol–water partition coefficient (Wildman–Crippen LogP) is 2.63. The largest absolute Gasteiger partial charge is 0.493 e. The summed E-state index contributed by atoms with van der Waals surface area (Å²) in [5.41, 5.74) is 0.0748. The molecule has 0 bridgehead atoms. The van der Waals surface area contributed by atoms with Gasteiger partial charge < -0.3 is 14.6 Å². The molecule has 0 saturated carbocycles. The van der Waals surface area contributed by atoms with E-state index >= 15 is 0 Å². The van der Waals surface area contributed by atoms with Crippen molar-refractivity contribution in [1.29, 1.82) is 0 Å². The first-order valence-corrected chi connectivity index (χ1v) is 5.54. The molecular weight excluding hydrogens is 272 g/mol. The maximum atomic E-state index is 10.9. The van der Waals surface area contributed by atoms with Gasteiger partial charge in [0.15, 0.2) is 16.7 Å². The number of halogens is 1. The van der Waals surface area contributed by atoms with Gasteiger partial charge in [0.25, 0.3) is 0 Å². The number of methoxy groups -OCH3 is 1. The molecule has 0 atom stereocenters. The van der Waals surface area contributed by atoms with Gasteiger partial charge in [-0.25, -0.2) is 4.79 Å². The number of carboxylic acids is 1. The Kier molecular flexibility index (Phi) is 3.82. The standard InChI is InChI=1S/C12H9ClN2O4/c1-18-8-3-2-7(12(16)17)4-9(8)19-11-6-14-5-10(13)15-11/h2-6H,1H3,(H,16,17). The van der Waals surface area contributed by atoms with Gasteiger partial charge in [0.1, 0.15) is 0 Å². The zero-order valence-corrected chi connectivity index (χ0v) is 10.6. The van der Waals surface area contributed by atoms with E-state index in [1.54, 1.807) is 0 Å². The lowest BCUT2D eigenvalue weighted by Crippen LogP contribution is -1.99. The van der Waals surface area contributed by atoms with Crippen molar-refractivity contribution in [3.05, 3.63) is 41.3 Å². The lowest BCUT2D eigenvalue weighted by atomic mass is 10.2. The number of aromatic carboxylic acids is 1. The Morgan fingerprint density at radius 3 is 2.74 bits per heavy atom. The number of hydrogen-bond acceptors (Lipinski definition) is 5. The fraction of sp³-hybridized carbons (Fsp3) is 0.0833. The summed E-state index contributed by atoms with van der Waals surface area (Å²) >= 11 is 5.69. The number of rotatable bonds is 4. The Balaban J connectivity index is 2.37. The molecule has 0 radical (unpaired) electrons. The van der Waals surface area contributed by atoms with Gasteiger partial charge in [-0.15, -0.1) is 0 Å². The van der Waals surface area contributed by atoms with Crippen molar-refractivity contribution in [2.24, 2.45) is 0 Å². The minimum Gasteiger partial charge on any atom is -0.493 e. The molecule has 1 aromatic carbocycles. The van der Waals surface area contributed by atoms with E-state index < -0.39 is 5.97 Å². The van der Waals surface area contributed by atoms with E-state index in [1.165, 1.54) is 37.7 Å². The molecule has 2 aromatic rings. The number of aromatic nitrogens is 2. The fourth-order valence-corrected chi connectivity index (χ4v) is 1.52. The average Bonchev–Trinajstić information content (AvgIpc) is 2.38. The van der Waals surface area contributed by atoms with Gasteiger partial charge in [0.05, 0.1) is 25.1 Å². The summed E-state index contributed by atoms with van der Waals surface area (Å²) in [5, 5.41) is 9.11. The molecule has 0 amide bonds. The molecule has 1 heterocycles. The minimum atomic E-state index is -1.07. The van der Waals surface area contributed by atoms with Crippen molar-refractivity contribution in [2.75, 3.05) is 7.11 Å². The highest BCUT2D eigenvalue weighted by atomic mass is 35.5. The highest BCUT2D eigenvalue weighted by molar-refractivity contribution is 6.29. The number of hydrogen-bond donors (Lipinski definition) is 1. The number of carboxylic acid groups (broad SMARTS) is 1. The molecule has 0 aliphatic carbocycles. The average molecular weight is 281 g/mol. The van der Waals surface area contributed by atoms with Crippen LogP contribution in [-0.2, 0) is 0 Å². The second kappa shape index (κ2) is 5.53. The maximum absolute atomic E-state index is 10.9. The van der Waals surface area contributed by atoms with Crippen LogP contribution in [-0.4, -0.2) is 28.2 Å². The lowest BCUT2D eigenvalue weighted by Gasteiger charge is -2.10. The summed E-state index contributed by atoms with van der Waals surface area (Å²) in [7, 11) is 1.45. The van der Waals surface area contributed by atoms with Gasteiger partial charge in [-0.3, -0.25) is 4.98 Å². The van der Waals surface area contributed by atoms with E-state index in [-0.39, 0.29) is 22.3 Å². The molecule has 0 fully saturated rings. The zero-order chi connectivity index (χ0) is 13.8. The van der Waals surface area contributed by atoms with Crippen molar-refractivity contribution in [1.82, 2.24) is 9.97 Å². The van der Waals surface area contributed by atoms with Crippen LogP contribution in [0.15, 0.2) is 30.6 Å². The third-order valence-electron chi connectivity index (χ3n) is 2.21. The number of carbonyl (C=O) groups is 1. The third-order valence-corrected chi connectivity index (χ3v) is 2.39. The molecule has 1 N–H and O–H groups in total. The van der Waals surface area contributed by atoms with Crippen LogP contribution in [0.2, 0.25) is 5.15 Å².